The molecule has 2 N–H and O–H groups in total. The Morgan fingerprint density at radius 3 is 3.00 bits per heavy atom. The lowest BCUT2D eigenvalue weighted by molar-refractivity contribution is 0.0554. The van der Waals surface area contributed by atoms with Gasteiger partial charge in [-0.25, -0.2) is 4.79 Å². The molecule has 1 rings (SSSR count). The fourth-order valence-corrected chi connectivity index (χ4v) is 1.31. The van der Waals surface area contributed by atoms with Crippen LogP contribution in [-0.2, 0) is 4.74 Å². The van der Waals surface area contributed by atoms with Crippen LogP contribution in [0.1, 0.15) is 10.4 Å². The van der Waals surface area contributed by atoms with Gasteiger partial charge in [-0.15, -0.1) is 0 Å². The van der Waals surface area contributed by atoms with Gasteiger partial charge in [-0.1, -0.05) is 6.07 Å². The number of ether oxygens (including phenoxy) is 1. The van der Waals surface area contributed by atoms with Crippen molar-refractivity contribution in [1.82, 2.24) is 0 Å². The van der Waals surface area contributed by atoms with Crippen LogP contribution in [0.5, 0.6) is 0 Å². The van der Waals surface area contributed by atoms with Crippen molar-refractivity contribution in [3.8, 4) is 6.07 Å². The molecule has 0 fully saturated rings. The number of benzene rings is 1. The monoisotopic (exact) mass is 254 g/mol. The van der Waals surface area contributed by atoms with Gasteiger partial charge in [-0.2, -0.15) is 5.26 Å². The Kier molecular flexibility index (Phi) is 3.48. The summed E-state index contributed by atoms with van der Waals surface area (Å²) in [5, 5.41) is 8.22. The molecule has 0 aromatic heterocycles. The van der Waals surface area contributed by atoms with E-state index in [1.54, 1.807) is 24.3 Å². The van der Waals surface area contributed by atoms with Crippen LogP contribution in [-0.4, -0.2) is 12.6 Å². The Morgan fingerprint density at radius 2 is 2.36 bits per heavy atom. The Morgan fingerprint density at radius 1 is 1.64 bits per heavy atom. The summed E-state index contributed by atoms with van der Waals surface area (Å²) in [5.74, 6) is -0.564. The Bertz CT molecular complexity index is 398. The number of nitrogen functional groups attached to an aromatic ring is 1. The number of nitriles is 1. The predicted octanol–water partition coefficient (Wildman–Crippen LogP) is 1.71. The Labute approximate surface area is 89.4 Å². The highest BCUT2D eigenvalue weighted by Crippen LogP contribution is 2.24. The Balaban J connectivity index is 2.91. The summed E-state index contributed by atoms with van der Waals surface area (Å²) < 4.78 is 5.12. The zero-order chi connectivity index (χ0) is 10.6. The van der Waals surface area contributed by atoms with E-state index in [4.69, 9.17) is 11.0 Å². The molecular formula is C9H7BrN2O2. The molecule has 1 aromatic carbocycles. The second kappa shape index (κ2) is 4.63. The number of halogens is 1. The minimum atomic E-state index is -0.564. The fraction of sp³-hybridized carbons (Fsp3) is 0.111. The summed E-state index contributed by atoms with van der Waals surface area (Å²) >= 11 is 3.16. The van der Waals surface area contributed by atoms with Crippen LogP contribution < -0.4 is 5.73 Å². The van der Waals surface area contributed by atoms with Gasteiger partial charge in [0.2, 0.25) is 0 Å². The number of carbonyl (C=O) groups excluding carboxylic acids is 1. The molecule has 4 nitrogen and oxygen atoms in total. The lowest BCUT2D eigenvalue weighted by atomic mass is 10.2. The van der Waals surface area contributed by atoms with E-state index < -0.39 is 5.97 Å². The van der Waals surface area contributed by atoms with Gasteiger partial charge < -0.3 is 10.5 Å². The number of nitrogens with zero attached hydrogens (tertiary/aromatic N) is 1. The predicted molar refractivity (Wildman–Crippen MR) is 54.4 cm³/mol. The van der Waals surface area contributed by atoms with Gasteiger partial charge in [0.05, 0.1) is 10.0 Å². The summed E-state index contributed by atoms with van der Waals surface area (Å²) in [6.45, 7) is -0.264. The van der Waals surface area contributed by atoms with E-state index >= 15 is 0 Å². The van der Waals surface area contributed by atoms with Crippen LogP contribution in [0.15, 0.2) is 22.7 Å². The van der Waals surface area contributed by atoms with Crippen LogP contribution >= 0.6 is 15.9 Å². The number of hydrogen-bond acceptors (Lipinski definition) is 4. The minimum Gasteiger partial charge on any atom is -0.447 e. The first-order valence-electron chi connectivity index (χ1n) is 3.75. The first-order chi connectivity index (χ1) is 6.66. The van der Waals surface area contributed by atoms with Crippen LogP contribution in [0, 0.1) is 11.3 Å². The van der Waals surface area contributed by atoms with Crippen LogP contribution in [0.25, 0.3) is 0 Å². The summed E-state index contributed by atoms with van der Waals surface area (Å²) in [4.78, 5) is 11.3. The zero-order valence-corrected chi connectivity index (χ0v) is 8.74. The number of esters is 1. The standard InChI is InChI=1S/C9H7BrN2O2/c10-8-6(2-1-3-7(8)12)9(13)14-5-4-11/h1-3H,5,12H2. The van der Waals surface area contributed by atoms with Gasteiger partial charge >= 0.3 is 5.97 Å². The molecule has 0 unspecified atom stereocenters. The van der Waals surface area contributed by atoms with Gasteiger partial charge in [0.25, 0.3) is 0 Å². The van der Waals surface area contributed by atoms with Crippen molar-refractivity contribution < 1.29 is 9.53 Å². The van der Waals surface area contributed by atoms with Gasteiger partial charge in [-0.05, 0) is 28.1 Å². The molecule has 1 aromatic rings. The van der Waals surface area contributed by atoms with E-state index in [9.17, 15) is 4.79 Å². The number of hydrogen-bond donors (Lipinski definition) is 1. The summed E-state index contributed by atoms with van der Waals surface area (Å²) in [5.41, 5.74) is 6.34. The van der Waals surface area contributed by atoms with Gasteiger partial charge in [0, 0.05) is 5.69 Å². The maximum atomic E-state index is 11.3. The third-order valence-electron chi connectivity index (χ3n) is 1.52. The maximum absolute atomic E-state index is 11.3. The SMILES string of the molecule is N#CCOC(=O)c1cccc(N)c1Br. The summed E-state index contributed by atoms with van der Waals surface area (Å²) in [7, 11) is 0. The van der Waals surface area contributed by atoms with Gasteiger partial charge in [0.15, 0.2) is 6.61 Å². The molecule has 0 bridgehead atoms. The van der Waals surface area contributed by atoms with E-state index in [0.717, 1.165) is 0 Å². The fourth-order valence-electron chi connectivity index (χ4n) is 0.883. The van der Waals surface area contributed by atoms with Crippen molar-refractivity contribution in [3.63, 3.8) is 0 Å². The molecule has 0 saturated heterocycles. The van der Waals surface area contributed by atoms with Crippen molar-refractivity contribution in [2.45, 2.75) is 0 Å². The number of carbonyl (C=O) groups is 1. The van der Waals surface area contributed by atoms with E-state index in [0.29, 0.717) is 15.7 Å². The number of anilines is 1. The minimum absolute atomic E-state index is 0.264. The average Bonchev–Trinajstić information content (AvgIpc) is 2.18. The first kappa shape index (κ1) is 10.5. The van der Waals surface area contributed by atoms with Gasteiger partial charge in [-0.3, -0.25) is 0 Å². The molecular weight excluding hydrogens is 248 g/mol. The molecule has 72 valence electrons. The smallest absolute Gasteiger partial charge is 0.340 e. The third kappa shape index (κ3) is 2.24. The van der Waals surface area contributed by atoms with Crippen LogP contribution in [0.2, 0.25) is 0 Å². The number of nitrogens with two attached hydrogens (primary N) is 1. The highest BCUT2D eigenvalue weighted by Gasteiger charge is 2.12. The van der Waals surface area contributed by atoms with Crippen molar-refractivity contribution >= 4 is 27.6 Å². The molecule has 5 heteroatoms. The van der Waals surface area contributed by atoms with Crippen molar-refractivity contribution in [2.75, 3.05) is 12.3 Å². The lowest BCUT2D eigenvalue weighted by Crippen LogP contribution is -2.07. The summed E-state index contributed by atoms with van der Waals surface area (Å²) in [6.07, 6.45) is 0. The normalized spacial score (nSPS) is 9.14. The number of rotatable bonds is 2. The highest BCUT2D eigenvalue weighted by molar-refractivity contribution is 9.10. The highest BCUT2D eigenvalue weighted by atomic mass is 79.9. The molecule has 0 aliphatic heterocycles. The molecule has 0 atom stereocenters. The van der Waals surface area contributed by atoms with E-state index in [1.165, 1.54) is 0 Å². The van der Waals surface area contributed by atoms with Crippen molar-refractivity contribution in [3.05, 3.63) is 28.2 Å². The summed E-state index contributed by atoms with van der Waals surface area (Å²) in [6, 6.07) is 6.58. The molecule has 0 spiro atoms. The Hall–Kier alpha value is -1.54. The van der Waals surface area contributed by atoms with Gasteiger partial charge in [0.1, 0.15) is 6.07 Å². The molecule has 0 saturated carbocycles. The molecule has 0 amide bonds. The second-order valence-corrected chi connectivity index (χ2v) is 3.24. The van der Waals surface area contributed by atoms with E-state index in [-0.39, 0.29) is 6.61 Å². The van der Waals surface area contributed by atoms with Crippen LogP contribution in [0.3, 0.4) is 0 Å². The lowest BCUT2D eigenvalue weighted by Gasteiger charge is -2.04. The van der Waals surface area contributed by atoms with E-state index in [2.05, 4.69) is 20.7 Å². The van der Waals surface area contributed by atoms with Crippen molar-refractivity contribution in [2.24, 2.45) is 0 Å². The topological polar surface area (TPSA) is 76.1 Å². The molecule has 0 aliphatic rings. The second-order valence-electron chi connectivity index (χ2n) is 2.44. The maximum Gasteiger partial charge on any atom is 0.340 e. The average molecular weight is 255 g/mol. The molecule has 0 radical (unpaired) electrons. The van der Waals surface area contributed by atoms with Crippen LogP contribution in [0.4, 0.5) is 5.69 Å². The molecule has 0 heterocycles. The molecule has 14 heavy (non-hydrogen) atoms. The quantitative estimate of drug-likeness (QED) is 0.644. The third-order valence-corrected chi connectivity index (χ3v) is 2.40. The first-order valence-corrected chi connectivity index (χ1v) is 4.54. The van der Waals surface area contributed by atoms with E-state index in [1.807, 2.05) is 0 Å². The zero-order valence-electron chi connectivity index (χ0n) is 7.16. The molecule has 0 aliphatic carbocycles. The largest absolute Gasteiger partial charge is 0.447 e. The van der Waals surface area contributed by atoms with Crippen molar-refractivity contribution in [1.29, 1.82) is 5.26 Å².